The summed E-state index contributed by atoms with van der Waals surface area (Å²) in [5, 5.41) is 14.0. The molecule has 0 spiro atoms. The van der Waals surface area contributed by atoms with Crippen LogP contribution in [0.3, 0.4) is 0 Å². The lowest BCUT2D eigenvalue weighted by Gasteiger charge is -2.42. The molecule has 2 aromatic carbocycles. The van der Waals surface area contributed by atoms with Crippen molar-refractivity contribution in [2.45, 2.75) is 38.5 Å². The van der Waals surface area contributed by atoms with Crippen molar-refractivity contribution in [3.05, 3.63) is 59.3 Å². The van der Waals surface area contributed by atoms with Gasteiger partial charge in [0.2, 0.25) is 0 Å². The molecule has 3 aromatic rings. The van der Waals surface area contributed by atoms with Crippen molar-refractivity contribution in [3.63, 3.8) is 0 Å². The normalized spacial score (nSPS) is 21.7. The lowest BCUT2D eigenvalue weighted by atomic mass is 9.81. The Kier molecular flexibility index (Phi) is 5.63. The van der Waals surface area contributed by atoms with E-state index in [1.165, 1.54) is 23.1 Å². The van der Waals surface area contributed by atoms with Gasteiger partial charge in [0.15, 0.2) is 0 Å². The van der Waals surface area contributed by atoms with Gasteiger partial charge in [0.05, 0.1) is 0 Å². The fraction of sp³-hybridized carbons (Fsp3) is 0.360. The second kappa shape index (κ2) is 8.53. The van der Waals surface area contributed by atoms with Gasteiger partial charge in [-0.2, -0.15) is 8.78 Å². The Morgan fingerprint density at radius 1 is 1.26 bits per heavy atom. The number of phenols is 1. The van der Waals surface area contributed by atoms with Crippen LogP contribution in [0, 0.1) is 0 Å². The molecule has 3 amide bonds. The van der Waals surface area contributed by atoms with Gasteiger partial charge in [0.1, 0.15) is 23.1 Å². The zero-order chi connectivity index (χ0) is 24.9. The minimum atomic E-state index is -2.96. The molecule has 2 aliphatic heterocycles. The highest BCUT2D eigenvalue weighted by Gasteiger charge is 2.60. The number of carbonyl (C=O) groups excluding carboxylic acids is 2. The molecule has 10 heteroatoms. The molecule has 1 saturated heterocycles. The van der Waals surface area contributed by atoms with Gasteiger partial charge in [0, 0.05) is 36.1 Å². The number of urea groups is 1. The second-order valence-corrected chi connectivity index (χ2v) is 9.01. The number of amides is 3. The van der Waals surface area contributed by atoms with Gasteiger partial charge in [-0.05, 0) is 54.9 Å². The first-order valence-electron chi connectivity index (χ1n) is 11.5. The molecule has 2 aliphatic rings. The van der Waals surface area contributed by atoms with Gasteiger partial charge in [-0.15, -0.1) is 0 Å². The number of carbonyl (C=O) groups is 2. The molecule has 3 heterocycles. The van der Waals surface area contributed by atoms with Crippen LogP contribution in [-0.4, -0.2) is 63.6 Å². The number of phenolic OH excluding ortho intramolecular Hbond substituents is 1. The maximum atomic E-state index is 13.6. The summed E-state index contributed by atoms with van der Waals surface area (Å²) in [7, 11) is 0. The second-order valence-electron chi connectivity index (χ2n) is 9.01. The van der Waals surface area contributed by atoms with Crippen molar-refractivity contribution < 1.29 is 28.2 Å². The summed E-state index contributed by atoms with van der Waals surface area (Å²) in [6.45, 7) is 2.12. The summed E-state index contributed by atoms with van der Waals surface area (Å²) in [6, 6.07) is 10.1. The molecular weight excluding hydrogens is 458 g/mol. The molecule has 184 valence electrons. The predicted molar refractivity (Wildman–Crippen MR) is 124 cm³/mol. The van der Waals surface area contributed by atoms with E-state index in [0.717, 1.165) is 5.56 Å². The Hall–Kier alpha value is -3.66. The Balaban J connectivity index is 1.68. The summed E-state index contributed by atoms with van der Waals surface area (Å²) in [5.74, 6) is -0.274. The fourth-order valence-corrected chi connectivity index (χ4v) is 5.27. The van der Waals surface area contributed by atoms with Gasteiger partial charge < -0.3 is 20.1 Å². The molecule has 1 aromatic heterocycles. The number of benzene rings is 2. The first-order chi connectivity index (χ1) is 16.7. The van der Waals surface area contributed by atoms with Gasteiger partial charge in [0.25, 0.3) is 5.91 Å². The van der Waals surface area contributed by atoms with E-state index in [4.69, 9.17) is 0 Å². The smallest absolute Gasteiger partial charge is 0.387 e. The summed E-state index contributed by atoms with van der Waals surface area (Å²) < 4.78 is 30.3. The predicted octanol–water partition coefficient (Wildman–Crippen LogP) is 3.75. The Morgan fingerprint density at radius 2 is 2.06 bits per heavy atom. The first-order valence-corrected chi connectivity index (χ1v) is 11.5. The van der Waals surface area contributed by atoms with E-state index in [1.54, 1.807) is 36.1 Å². The lowest BCUT2D eigenvalue weighted by molar-refractivity contribution is -0.133. The number of hydrogen-bond acceptors (Lipinski definition) is 5. The molecule has 2 atom stereocenters. The van der Waals surface area contributed by atoms with E-state index < -0.39 is 24.2 Å². The molecule has 0 aliphatic carbocycles. The van der Waals surface area contributed by atoms with E-state index in [0.29, 0.717) is 35.2 Å². The Labute approximate surface area is 200 Å². The molecule has 1 fully saturated rings. The molecule has 0 radical (unpaired) electrons. The van der Waals surface area contributed by atoms with Crippen molar-refractivity contribution in [3.8, 4) is 11.5 Å². The minimum Gasteiger partial charge on any atom is -0.508 e. The van der Waals surface area contributed by atoms with Crippen LogP contribution in [0.2, 0.25) is 0 Å². The number of aromatic hydroxyl groups is 1. The van der Waals surface area contributed by atoms with Gasteiger partial charge in [-0.25, -0.2) is 4.79 Å². The number of rotatable bonds is 7. The van der Waals surface area contributed by atoms with Crippen LogP contribution < -0.4 is 10.1 Å². The van der Waals surface area contributed by atoms with E-state index in [2.05, 4.69) is 15.0 Å². The van der Waals surface area contributed by atoms with Crippen molar-refractivity contribution in [2.24, 2.45) is 0 Å². The fourth-order valence-electron chi connectivity index (χ4n) is 5.27. The number of H-pyrrole nitrogens is 1. The number of nitrogens with one attached hydrogen (secondary N) is 2. The molecule has 5 rings (SSSR count). The van der Waals surface area contributed by atoms with E-state index in [9.17, 15) is 23.5 Å². The summed E-state index contributed by atoms with van der Waals surface area (Å²) >= 11 is 0. The van der Waals surface area contributed by atoms with Crippen molar-refractivity contribution >= 4 is 22.8 Å². The average Bonchev–Trinajstić information content (AvgIpc) is 3.25. The standard InChI is InChI=1S/C25H26F2N4O4/c1-3-28-9-10-30-22(33)25(2)13-18-17-12-16(35-23(26)27)7-8-19(17)29-20(18)21(31(25)24(30)34)14-5-4-6-15(32)11-14/h4-8,11-12,21,23,28-29,32H,3,9-10,13H2,1-2H3. The van der Waals surface area contributed by atoms with E-state index in [1.807, 2.05) is 6.92 Å². The molecule has 0 bridgehead atoms. The van der Waals surface area contributed by atoms with Crippen LogP contribution in [0.25, 0.3) is 10.9 Å². The quantitative estimate of drug-likeness (QED) is 0.351. The van der Waals surface area contributed by atoms with Crippen molar-refractivity contribution in [1.29, 1.82) is 0 Å². The number of nitrogens with zero attached hydrogens (tertiary/aromatic N) is 2. The Morgan fingerprint density at radius 3 is 2.77 bits per heavy atom. The summed E-state index contributed by atoms with van der Waals surface area (Å²) in [5.41, 5.74) is 1.53. The topological polar surface area (TPSA) is 97.9 Å². The number of fused-ring (bicyclic) bond motifs is 4. The maximum absolute atomic E-state index is 13.6. The van der Waals surface area contributed by atoms with Crippen LogP contribution >= 0.6 is 0 Å². The first kappa shape index (κ1) is 23.1. The largest absolute Gasteiger partial charge is 0.508 e. The maximum Gasteiger partial charge on any atom is 0.387 e. The van der Waals surface area contributed by atoms with Crippen LogP contribution in [0.4, 0.5) is 13.6 Å². The monoisotopic (exact) mass is 484 g/mol. The van der Waals surface area contributed by atoms with Crippen molar-refractivity contribution in [2.75, 3.05) is 19.6 Å². The van der Waals surface area contributed by atoms with Crippen LogP contribution in [0.5, 0.6) is 11.5 Å². The number of imide groups is 1. The summed E-state index contributed by atoms with van der Waals surface area (Å²) in [4.78, 5) is 33.5. The molecular formula is C25H26F2N4O4. The van der Waals surface area contributed by atoms with Gasteiger partial charge in [-0.3, -0.25) is 14.6 Å². The molecule has 0 saturated carbocycles. The third-order valence-electron chi connectivity index (χ3n) is 6.81. The third-order valence-corrected chi connectivity index (χ3v) is 6.81. The number of likely N-dealkylation sites (N-methyl/N-ethyl adjacent to an activating group) is 1. The number of aromatic amines is 1. The van der Waals surface area contributed by atoms with E-state index >= 15 is 0 Å². The molecule has 8 nitrogen and oxygen atoms in total. The third kappa shape index (κ3) is 3.68. The average molecular weight is 485 g/mol. The SMILES string of the molecule is CCNCCN1C(=O)N2C(c3cccc(O)c3)c3[nH]c4ccc(OC(F)F)cc4c3CC2(C)C1=O. The van der Waals surface area contributed by atoms with Crippen LogP contribution in [-0.2, 0) is 11.2 Å². The minimum absolute atomic E-state index is 0.0110. The molecule has 35 heavy (non-hydrogen) atoms. The number of ether oxygens (including phenoxy) is 1. The molecule has 3 N–H and O–H groups in total. The highest BCUT2D eigenvalue weighted by Crippen LogP contribution is 2.49. The number of halogens is 2. The Bertz CT molecular complexity index is 1310. The number of alkyl halides is 2. The van der Waals surface area contributed by atoms with Crippen LogP contribution in [0.15, 0.2) is 42.5 Å². The zero-order valence-corrected chi connectivity index (χ0v) is 19.3. The van der Waals surface area contributed by atoms with Gasteiger partial charge in [-0.1, -0.05) is 19.1 Å². The van der Waals surface area contributed by atoms with Crippen molar-refractivity contribution in [1.82, 2.24) is 20.1 Å². The molecule has 2 unspecified atom stereocenters. The summed E-state index contributed by atoms with van der Waals surface area (Å²) in [6.07, 6.45) is 0.206. The van der Waals surface area contributed by atoms with Gasteiger partial charge >= 0.3 is 12.6 Å². The zero-order valence-electron chi connectivity index (χ0n) is 19.3. The van der Waals surface area contributed by atoms with Crippen LogP contribution in [0.1, 0.15) is 36.7 Å². The van der Waals surface area contributed by atoms with E-state index in [-0.39, 0.29) is 30.4 Å². The lowest BCUT2D eigenvalue weighted by Crippen LogP contribution is -2.53. The number of hydrogen-bond donors (Lipinski definition) is 3. The highest BCUT2D eigenvalue weighted by atomic mass is 19.3. The highest BCUT2D eigenvalue weighted by molar-refractivity contribution is 6.08. The number of aromatic nitrogens is 1.